The number of benzene rings is 1. The summed E-state index contributed by atoms with van der Waals surface area (Å²) in [5.41, 5.74) is 0.797. The van der Waals surface area contributed by atoms with Gasteiger partial charge in [0.15, 0.2) is 17.2 Å². The van der Waals surface area contributed by atoms with Crippen LogP contribution in [0, 0.1) is 5.92 Å². The second-order valence-electron chi connectivity index (χ2n) is 8.44. The molecule has 1 heterocycles. The number of carbonyl (C=O) groups excluding carboxylic acids is 3. The Balaban J connectivity index is 2.14. The third-order valence-corrected chi connectivity index (χ3v) is 5.49. The minimum atomic E-state index is -0.986. The molecule has 0 unspecified atom stereocenters. The third kappa shape index (κ3) is 7.34. The maximum absolute atomic E-state index is 12.9. The number of rotatable bonds is 12. The molecule has 0 spiro atoms. The van der Waals surface area contributed by atoms with E-state index in [-0.39, 0.29) is 29.0 Å². The minimum Gasteiger partial charge on any atom is -0.496 e. The number of ether oxygens (including phenoxy) is 5. The number of pyridine rings is 1. The zero-order valence-electron chi connectivity index (χ0n) is 21.7. The van der Waals surface area contributed by atoms with Crippen molar-refractivity contribution in [2.45, 2.75) is 52.7 Å². The van der Waals surface area contributed by atoms with Gasteiger partial charge in [-0.3, -0.25) is 9.59 Å². The second-order valence-corrected chi connectivity index (χ2v) is 8.44. The molecule has 0 saturated heterocycles. The summed E-state index contributed by atoms with van der Waals surface area (Å²) in [4.78, 5) is 40.9. The smallest absolute Gasteiger partial charge is 0.328 e. The number of aromatic nitrogens is 1. The van der Waals surface area contributed by atoms with Crippen molar-refractivity contribution in [3.8, 4) is 17.2 Å². The highest BCUT2D eigenvalue weighted by atomic mass is 16.7. The molecule has 3 atom stereocenters. The highest BCUT2D eigenvalue weighted by Crippen LogP contribution is 2.35. The van der Waals surface area contributed by atoms with Gasteiger partial charge in [0, 0.05) is 30.7 Å². The lowest BCUT2D eigenvalue weighted by atomic mass is 9.84. The Morgan fingerprint density at radius 1 is 0.972 bits per heavy atom. The van der Waals surface area contributed by atoms with Gasteiger partial charge in [-0.1, -0.05) is 32.0 Å². The Bertz CT molecular complexity index is 1060. The predicted molar refractivity (Wildman–Crippen MR) is 131 cm³/mol. The summed E-state index contributed by atoms with van der Waals surface area (Å²) in [5.74, 6) is -0.934. The summed E-state index contributed by atoms with van der Waals surface area (Å²) in [6.45, 7) is 8.20. The Morgan fingerprint density at radius 2 is 1.64 bits per heavy atom. The lowest BCUT2D eigenvalue weighted by molar-refractivity contribution is -0.152. The average molecular weight is 503 g/mol. The van der Waals surface area contributed by atoms with Crippen molar-refractivity contribution in [3.63, 3.8) is 0 Å². The van der Waals surface area contributed by atoms with Crippen LogP contribution >= 0.6 is 0 Å². The lowest BCUT2D eigenvalue weighted by Gasteiger charge is -2.29. The van der Waals surface area contributed by atoms with E-state index in [1.54, 1.807) is 7.11 Å². The fourth-order valence-electron chi connectivity index (χ4n) is 3.84. The van der Waals surface area contributed by atoms with Crippen molar-refractivity contribution in [1.82, 2.24) is 10.3 Å². The van der Waals surface area contributed by atoms with Crippen molar-refractivity contribution in [2.24, 2.45) is 5.92 Å². The largest absolute Gasteiger partial charge is 0.496 e. The molecule has 1 amide bonds. The average Bonchev–Trinajstić information content (AvgIpc) is 2.83. The number of hydrogen-bond acceptors (Lipinski definition) is 9. The zero-order valence-corrected chi connectivity index (χ0v) is 21.7. The maximum Gasteiger partial charge on any atom is 0.328 e. The number of amides is 1. The van der Waals surface area contributed by atoms with Gasteiger partial charge in [-0.05, 0) is 25.8 Å². The Labute approximate surface area is 211 Å². The molecule has 10 heteroatoms. The van der Waals surface area contributed by atoms with Gasteiger partial charge in [-0.25, -0.2) is 9.78 Å². The number of hydrogen-bond donors (Lipinski definition) is 1. The standard InChI is InChI=1S/C26H34N2O8/c1-15(2)22(19-10-8-9-11-20(19)32-6)17(4)36-26(31)16(3)28-25(30)23-24(35-14-34-18(5)29)21(33-7)12-13-27-23/h8-13,15-17,22H,14H2,1-7H3,(H,28,30)/t16-,17-,22+/m0/s1. The predicted octanol–water partition coefficient (Wildman–Crippen LogP) is 3.49. The summed E-state index contributed by atoms with van der Waals surface area (Å²) >= 11 is 0. The van der Waals surface area contributed by atoms with Crippen LogP contribution in [0.3, 0.4) is 0 Å². The molecule has 1 aromatic heterocycles. The van der Waals surface area contributed by atoms with Crippen LogP contribution in [0.25, 0.3) is 0 Å². The molecule has 0 aliphatic heterocycles. The van der Waals surface area contributed by atoms with Crippen LogP contribution in [0.4, 0.5) is 0 Å². The first-order valence-electron chi connectivity index (χ1n) is 11.5. The van der Waals surface area contributed by atoms with Gasteiger partial charge in [0.25, 0.3) is 5.91 Å². The highest BCUT2D eigenvalue weighted by Gasteiger charge is 2.31. The molecule has 2 aromatic rings. The monoisotopic (exact) mass is 502 g/mol. The van der Waals surface area contributed by atoms with E-state index in [1.165, 1.54) is 33.2 Å². The van der Waals surface area contributed by atoms with Crippen molar-refractivity contribution >= 4 is 17.8 Å². The summed E-state index contributed by atoms with van der Waals surface area (Å²) < 4.78 is 26.7. The zero-order chi connectivity index (χ0) is 26.8. The van der Waals surface area contributed by atoms with Crippen molar-refractivity contribution in [3.05, 3.63) is 47.8 Å². The number of nitrogens with zero attached hydrogens (tertiary/aromatic N) is 1. The number of para-hydroxylation sites is 1. The molecule has 0 aliphatic rings. The second kappa shape index (κ2) is 13.3. The van der Waals surface area contributed by atoms with E-state index >= 15 is 0 Å². The van der Waals surface area contributed by atoms with E-state index < -0.39 is 36.8 Å². The van der Waals surface area contributed by atoms with Crippen LogP contribution in [0.5, 0.6) is 17.2 Å². The van der Waals surface area contributed by atoms with E-state index in [9.17, 15) is 14.4 Å². The molecule has 1 N–H and O–H groups in total. The number of methoxy groups -OCH3 is 2. The maximum atomic E-state index is 12.9. The summed E-state index contributed by atoms with van der Waals surface area (Å²) in [6.07, 6.45) is 0.864. The van der Waals surface area contributed by atoms with Gasteiger partial charge in [0.2, 0.25) is 6.79 Å². The Morgan fingerprint density at radius 3 is 2.25 bits per heavy atom. The van der Waals surface area contributed by atoms with Crippen LogP contribution in [0.15, 0.2) is 36.5 Å². The van der Waals surface area contributed by atoms with Gasteiger partial charge >= 0.3 is 11.9 Å². The quantitative estimate of drug-likeness (QED) is 0.343. The summed E-state index contributed by atoms with van der Waals surface area (Å²) in [7, 11) is 2.99. The van der Waals surface area contributed by atoms with E-state index in [0.29, 0.717) is 5.75 Å². The van der Waals surface area contributed by atoms with Crippen molar-refractivity contribution in [1.29, 1.82) is 0 Å². The molecular formula is C26H34N2O8. The Hall–Kier alpha value is -3.82. The van der Waals surface area contributed by atoms with Gasteiger partial charge in [0.05, 0.1) is 14.2 Å². The molecule has 10 nitrogen and oxygen atoms in total. The van der Waals surface area contributed by atoms with Gasteiger partial charge in [-0.2, -0.15) is 0 Å². The van der Waals surface area contributed by atoms with E-state index in [0.717, 1.165) is 5.56 Å². The molecule has 196 valence electrons. The molecule has 0 bridgehead atoms. The van der Waals surface area contributed by atoms with Crippen molar-refractivity contribution < 1.29 is 38.1 Å². The number of esters is 2. The van der Waals surface area contributed by atoms with Gasteiger partial charge < -0.3 is 29.0 Å². The molecule has 1 aromatic carbocycles. The molecule has 2 rings (SSSR count). The van der Waals surface area contributed by atoms with E-state index in [4.69, 9.17) is 23.7 Å². The van der Waals surface area contributed by atoms with Gasteiger partial charge in [0.1, 0.15) is 17.9 Å². The summed E-state index contributed by atoms with van der Waals surface area (Å²) in [6, 6.07) is 8.11. The fraction of sp³-hybridized carbons (Fsp3) is 0.462. The molecule has 36 heavy (non-hydrogen) atoms. The first-order valence-corrected chi connectivity index (χ1v) is 11.5. The van der Waals surface area contributed by atoms with Crippen LogP contribution in [-0.4, -0.2) is 56.0 Å². The molecular weight excluding hydrogens is 468 g/mol. The highest BCUT2D eigenvalue weighted by molar-refractivity contribution is 5.98. The molecule has 0 fully saturated rings. The lowest BCUT2D eigenvalue weighted by Crippen LogP contribution is -2.42. The van der Waals surface area contributed by atoms with Crippen LogP contribution in [0.1, 0.15) is 56.6 Å². The number of carbonyl (C=O) groups is 3. The third-order valence-electron chi connectivity index (χ3n) is 5.49. The topological polar surface area (TPSA) is 122 Å². The first-order chi connectivity index (χ1) is 17.1. The van der Waals surface area contributed by atoms with Crippen molar-refractivity contribution in [2.75, 3.05) is 21.0 Å². The van der Waals surface area contributed by atoms with Crippen LogP contribution in [-0.2, 0) is 19.1 Å². The molecule has 0 aliphatic carbocycles. The summed E-state index contributed by atoms with van der Waals surface area (Å²) in [5, 5.41) is 2.58. The van der Waals surface area contributed by atoms with E-state index in [2.05, 4.69) is 10.3 Å². The van der Waals surface area contributed by atoms with E-state index in [1.807, 2.05) is 45.0 Å². The Kier molecular flexibility index (Phi) is 10.5. The SMILES string of the molecule is COc1ccccc1[C@H](C(C)C)[C@H](C)OC(=O)[C@H](C)NC(=O)c1nccc(OC)c1OCOC(C)=O. The van der Waals surface area contributed by atoms with Crippen LogP contribution < -0.4 is 19.5 Å². The molecule has 0 radical (unpaired) electrons. The van der Waals surface area contributed by atoms with Gasteiger partial charge in [-0.15, -0.1) is 0 Å². The minimum absolute atomic E-state index is 0.0243. The molecule has 0 saturated carbocycles. The number of nitrogens with one attached hydrogen (secondary N) is 1. The van der Waals surface area contributed by atoms with Crippen LogP contribution in [0.2, 0.25) is 0 Å². The first kappa shape index (κ1) is 28.4. The normalized spacial score (nSPS) is 13.2. The fourth-order valence-corrected chi connectivity index (χ4v) is 3.84.